The molecule has 0 fully saturated rings. The Morgan fingerprint density at radius 3 is 2.80 bits per heavy atom. The van der Waals surface area contributed by atoms with Crippen molar-refractivity contribution in [2.75, 3.05) is 39.8 Å². The summed E-state index contributed by atoms with van der Waals surface area (Å²) in [7, 11) is 5.56. The van der Waals surface area contributed by atoms with E-state index in [-0.39, 0.29) is 0 Å². The zero-order valence-electron chi connectivity index (χ0n) is 12.8. The summed E-state index contributed by atoms with van der Waals surface area (Å²) >= 11 is 1.87. The molecule has 0 unspecified atom stereocenters. The lowest BCUT2D eigenvalue weighted by Gasteiger charge is -2.23. The second-order valence-electron chi connectivity index (χ2n) is 4.49. The van der Waals surface area contributed by atoms with Gasteiger partial charge in [-0.05, 0) is 24.5 Å². The Labute approximate surface area is 126 Å². The molecule has 1 N–H and O–H groups in total. The van der Waals surface area contributed by atoms with E-state index in [1.165, 1.54) is 5.75 Å². The summed E-state index contributed by atoms with van der Waals surface area (Å²) in [5.74, 6) is 2.99. The molecule has 0 aliphatic carbocycles. The zero-order chi connectivity index (χ0) is 14.8. The summed E-state index contributed by atoms with van der Waals surface area (Å²) in [5.41, 5.74) is 1.16. The highest BCUT2D eigenvalue weighted by atomic mass is 32.2. The van der Waals surface area contributed by atoms with Crippen LogP contribution in [-0.2, 0) is 6.54 Å². The Morgan fingerprint density at radius 2 is 2.15 bits per heavy atom. The molecule has 0 saturated carbocycles. The van der Waals surface area contributed by atoms with Crippen LogP contribution in [0.4, 0.5) is 0 Å². The standard InChI is InChI=1S/C15H25N3OS/c1-16-15(17-10-7-11-20-4)18(2)12-13-8-5-6-9-14(13)19-3/h5-6,8-9H,7,10-12H2,1-4H3,(H,16,17). The molecule has 0 aromatic heterocycles. The lowest BCUT2D eigenvalue weighted by atomic mass is 10.2. The van der Waals surface area contributed by atoms with Crippen LogP contribution in [0, 0.1) is 0 Å². The van der Waals surface area contributed by atoms with Gasteiger partial charge in [-0.1, -0.05) is 18.2 Å². The van der Waals surface area contributed by atoms with Crippen LogP contribution < -0.4 is 10.1 Å². The van der Waals surface area contributed by atoms with Crippen molar-refractivity contribution in [2.24, 2.45) is 4.99 Å². The van der Waals surface area contributed by atoms with Gasteiger partial charge in [0.2, 0.25) is 0 Å². The Bertz CT molecular complexity index is 423. The number of hydrogen-bond donors (Lipinski definition) is 1. The predicted octanol–water partition coefficient (Wildman–Crippen LogP) is 2.46. The normalized spacial score (nSPS) is 11.3. The van der Waals surface area contributed by atoms with E-state index in [4.69, 9.17) is 4.74 Å². The van der Waals surface area contributed by atoms with Crippen molar-refractivity contribution < 1.29 is 4.74 Å². The summed E-state index contributed by atoms with van der Waals surface area (Å²) < 4.78 is 5.38. The van der Waals surface area contributed by atoms with Crippen LogP contribution in [0.2, 0.25) is 0 Å². The number of nitrogens with one attached hydrogen (secondary N) is 1. The quantitative estimate of drug-likeness (QED) is 0.476. The van der Waals surface area contributed by atoms with Crippen molar-refractivity contribution in [3.05, 3.63) is 29.8 Å². The monoisotopic (exact) mass is 295 g/mol. The van der Waals surface area contributed by atoms with E-state index in [0.717, 1.165) is 36.8 Å². The Balaban J connectivity index is 2.56. The molecule has 0 saturated heterocycles. The second-order valence-corrected chi connectivity index (χ2v) is 5.47. The molecule has 1 rings (SSSR count). The molecule has 0 heterocycles. The van der Waals surface area contributed by atoms with Gasteiger partial charge in [0.05, 0.1) is 7.11 Å². The van der Waals surface area contributed by atoms with Gasteiger partial charge in [0.1, 0.15) is 5.75 Å². The first kappa shape index (κ1) is 16.7. The molecule has 4 nitrogen and oxygen atoms in total. The summed E-state index contributed by atoms with van der Waals surface area (Å²) in [4.78, 5) is 6.43. The SMILES string of the molecule is CN=C(NCCCSC)N(C)Cc1ccccc1OC. The number of nitrogens with zero attached hydrogens (tertiary/aromatic N) is 2. The minimum Gasteiger partial charge on any atom is -0.496 e. The maximum atomic E-state index is 5.38. The number of ether oxygens (including phenoxy) is 1. The number of rotatable bonds is 7. The van der Waals surface area contributed by atoms with Crippen LogP contribution in [0.25, 0.3) is 0 Å². The van der Waals surface area contributed by atoms with Crippen LogP contribution in [-0.4, -0.2) is 50.6 Å². The summed E-state index contributed by atoms with van der Waals surface area (Å²) in [6, 6.07) is 8.08. The fourth-order valence-electron chi connectivity index (χ4n) is 1.97. The number of para-hydroxylation sites is 1. The highest BCUT2D eigenvalue weighted by Crippen LogP contribution is 2.18. The van der Waals surface area contributed by atoms with E-state index in [1.807, 2.05) is 44.1 Å². The molecule has 0 amide bonds. The van der Waals surface area contributed by atoms with Gasteiger partial charge in [-0.15, -0.1) is 0 Å². The first-order valence-electron chi connectivity index (χ1n) is 6.75. The summed E-state index contributed by atoms with van der Waals surface area (Å²) in [5, 5.41) is 3.38. The number of aliphatic imine (C=N–C) groups is 1. The summed E-state index contributed by atoms with van der Waals surface area (Å²) in [6.45, 7) is 1.72. The van der Waals surface area contributed by atoms with Crippen LogP contribution in [0.1, 0.15) is 12.0 Å². The van der Waals surface area contributed by atoms with E-state index in [9.17, 15) is 0 Å². The van der Waals surface area contributed by atoms with Crippen molar-refractivity contribution in [1.29, 1.82) is 0 Å². The number of hydrogen-bond acceptors (Lipinski definition) is 3. The summed E-state index contributed by atoms with van der Waals surface area (Å²) in [6.07, 6.45) is 3.27. The molecule has 0 atom stereocenters. The number of thioether (sulfide) groups is 1. The molecule has 0 radical (unpaired) electrons. The third-order valence-corrected chi connectivity index (χ3v) is 3.68. The number of benzene rings is 1. The van der Waals surface area contributed by atoms with Gasteiger partial charge < -0.3 is 15.0 Å². The molecular weight excluding hydrogens is 270 g/mol. The maximum Gasteiger partial charge on any atom is 0.193 e. The van der Waals surface area contributed by atoms with Crippen molar-refractivity contribution in [2.45, 2.75) is 13.0 Å². The number of guanidine groups is 1. The molecule has 5 heteroatoms. The van der Waals surface area contributed by atoms with Gasteiger partial charge in [-0.2, -0.15) is 11.8 Å². The van der Waals surface area contributed by atoms with Crippen molar-refractivity contribution in [3.63, 3.8) is 0 Å². The maximum absolute atomic E-state index is 5.38. The second kappa shape index (κ2) is 9.53. The molecule has 112 valence electrons. The molecular formula is C15H25N3OS. The van der Waals surface area contributed by atoms with E-state index in [1.54, 1.807) is 7.11 Å². The predicted molar refractivity (Wildman–Crippen MR) is 88.8 cm³/mol. The van der Waals surface area contributed by atoms with Crippen LogP contribution in [0.3, 0.4) is 0 Å². The van der Waals surface area contributed by atoms with Gasteiger partial charge in [0, 0.05) is 32.7 Å². The molecule has 0 aliphatic rings. The van der Waals surface area contributed by atoms with E-state index in [0.29, 0.717) is 0 Å². The minimum absolute atomic E-state index is 0.770. The van der Waals surface area contributed by atoms with Crippen molar-refractivity contribution >= 4 is 17.7 Å². The van der Waals surface area contributed by atoms with Crippen LogP contribution in [0.5, 0.6) is 5.75 Å². The van der Waals surface area contributed by atoms with Crippen molar-refractivity contribution in [1.82, 2.24) is 10.2 Å². The van der Waals surface area contributed by atoms with E-state index >= 15 is 0 Å². The molecule has 0 aliphatic heterocycles. The van der Waals surface area contributed by atoms with Gasteiger partial charge >= 0.3 is 0 Å². The molecule has 20 heavy (non-hydrogen) atoms. The average Bonchev–Trinajstić information content (AvgIpc) is 2.48. The van der Waals surface area contributed by atoms with Crippen molar-refractivity contribution in [3.8, 4) is 5.75 Å². The fraction of sp³-hybridized carbons (Fsp3) is 0.533. The minimum atomic E-state index is 0.770. The molecule has 0 bridgehead atoms. The topological polar surface area (TPSA) is 36.9 Å². The van der Waals surface area contributed by atoms with E-state index < -0.39 is 0 Å². The smallest absolute Gasteiger partial charge is 0.193 e. The average molecular weight is 295 g/mol. The Morgan fingerprint density at radius 1 is 1.40 bits per heavy atom. The molecule has 1 aromatic rings. The Kier molecular flexibility index (Phi) is 7.95. The Hall–Kier alpha value is -1.36. The van der Waals surface area contributed by atoms with Gasteiger partial charge in [-0.3, -0.25) is 4.99 Å². The van der Waals surface area contributed by atoms with Crippen LogP contribution >= 0.6 is 11.8 Å². The fourth-order valence-corrected chi connectivity index (χ4v) is 2.40. The van der Waals surface area contributed by atoms with Crippen LogP contribution in [0.15, 0.2) is 29.3 Å². The highest BCUT2D eigenvalue weighted by Gasteiger charge is 2.09. The first-order chi connectivity index (χ1) is 9.72. The third kappa shape index (κ3) is 5.33. The van der Waals surface area contributed by atoms with Gasteiger partial charge in [-0.25, -0.2) is 0 Å². The van der Waals surface area contributed by atoms with Gasteiger partial charge in [0.15, 0.2) is 5.96 Å². The third-order valence-electron chi connectivity index (χ3n) is 2.98. The first-order valence-corrected chi connectivity index (χ1v) is 8.15. The highest BCUT2D eigenvalue weighted by molar-refractivity contribution is 7.98. The zero-order valence-corrected chi connectivity index (χ0v) is 13.7. The van der Waals surface area contributed by atoms with Gasteiger partial charge in [0.25, 0.3) is 0 Å². The molecule has 1 aromatic carbocycles. The largest absolute Gasteiger partial charge is 0.496 e. The lowest BCUT2D eigenvalue weighted by Crippen LogP contribution is -2.39. The lowest BCUT2D eigenvalue weighted by molar-refractivity contribution is 0.396. The number of methoxy groups -OCH3 is 1. The molecule has 0 spiro atoms. The van der Waals surface area contributed by atoms with E-state index in [2.05, 4.69) is 27.5 Å².